The zero-order chi connectivity index (χ0) is 16.5. The molecule has 1 fully saturated rings. The Morgan fingerprint density at radius 2 is 1.64 bits per heavy atom. The minimum atomic E-state index is -4.69. The first-order chi connectivity index (χ1) is 10.1. The van der Waals surface area contributed by atoms with Crippen molar-refractivity contribution in [1.82, 2.24) is 10.2 Å². The smallest absolute Gasteiger partial charge is 0.314 e. The van der Waals surface area contributed by atoms with Crippen LogP contribution < -0.4 is 5.32 Å². The molecule has 0 bridgehead atoms. The maximum absolute atomic E-state index is 13.4. The van der Waals surface area contributed by atoms with Gasteiger partial charge in [0.25, 0.3) is 0 Å². The summed E-state index contributed by atoms with van der Waals surface area (Å²) in [5, 5.41) is 2.92. The molecule has 0 aliphatic carbocycles. The summed E-state index contributed by atoms with van der Waals surface area (Å²) in [6, 6.07) is 0.286. The molecule has 2 nitrogen and oxygen atoms in total. The molecule has 0 spiro atoms. The van der Waals surface area contributed by atoms with Crippen molar-refractivity contribution >= 4 is 15.9 Å². The number of halogens is 7. The lowest BCUT2D eigenvalue weighted by Crippen LogP contribution is -2.49. The Bertz CT molecular complexity index is 522. The summed E-state index contributed by atoms with van der Waals surface area (Å²) in [6.07, 6.45) is -9.35. The molecule has 1 heterocycles. The molecular formula is C13H13BrF6N2. The second-order valence-corrected chi connectivity index (χ2v) is 5.82. The minimum absolute atomic E-state index is 0.0151. The fraction of sp³-hybridized carbons (Fsp3) is 0.538. The van der Waals surface area contributed by atoms with Gasteiger partial charge in [-0.25, -0.2) is 0 Å². The van der Waals surface area contributed by atoms with E-state index in [2.05, 4.69) is 21.2 Å². The summed E-state index contributed by atoms with van der Waals surface area (Å²) in [4.78, 5) is 1.15. The topological polar surface area (TPSA) is 15.3 Å². The van der Waals surface area contributed by atoms with Gasteiger partial charge in [-0.15, -0.1) is 0 Å². The lowest BCUT2D eigenvalue weighted by atomic mass is 10.0. The van der Waals surface area contributed by atoms with Crippen LogP contribution in [0.5, 0.6) is 0 Å². The molecule has 2 rings (SSSR count). The number of hydrogen-bond acceptors (Lipinski definition) is 2. The Balaban J connectivity index is 2.47. The molecule has 0 unspecified atom stereocenters. The van der Waals surface area contributed by atoms with Gasteiger partial charge in [0.2, 0.25) is 0 Å². The molecule has 1 aromatic carbocycles. The Kier molecular flexibility index (Phi) is 5.08. The van der Waals surface area contributed by atoms with Crippen molar-refractivity contribution < 1.29 is 26.3 Å². The Morgan fingerprint density at radius 3 is 2.14 bits per heavy atom. The van der Waals surface area contributed by atoms with Crippen LogP contribution in [0, 0.1) is 0 Å². The van der Waals surface area contributed by atoms with Crippen LogP contribution >= 0.6 is 15.9 Å². The van der Waals surface area contributed by atoms with Crippen molar-refractivity contribution in [2.24, 2.45) is 0 Å². The van der Waals surface area contributed by atoms with E-state index >= 15 is 0 Å². The number of rotatable bonds is 2. The van der Waals surface area contributed by atoms with Gasteiger partial charge in [0.1, 0.15) is 6.04 Å². The number of alkyl halides is 6. The van der Waals surface area contributed by atoms with Crippen molar-refractivity contribution in [3.8, 4) is 0 Å². The molecule has 0 saturated carbocycles. The van der Waals surface area contributed by atoms with Gasteiger partial charge in [-0.3, -0.25) is 4.90 Å². The molecule has 1 saturated heterocycles. The maximum atomic E-state index is 13.4. The van der Waals surface area contributed by atoms with Crippen LogP contribution in [-0.4, -0.2) is 37.3 Å². The highest BCUT2D eigenvalue weighted by atomic mass is 79.9. The molecule has 0 amide bonds. The van der Waals surface area contributed by atoms with Crippen molar-refractivity contribution in [3.05, 3.63) is 33.8 Å². The minimum Gasteiger partial charge on any atom is -0.314 e. The van der Waals surface area contributed by atoms with E-state index in [-0.39, 0.29) is 17.6 Å². The molecule has 1 aliphatic heterocycles. The summed E-state index contributed by atoms with van der Waals surface area (Å²) >= 11 is 2.95. The lowest BCUT2D eigenvalue weighted by molar-refractivity contribution is -0.188. The zero-order valence-electron chi connectivity index (χ0n) is 11.2. The summed E-state index contributed by atoms with van der Waals surface area (Å²) in [6.45, 7) is 0.964. The zero-order valence-corrected chi connectivity index (χ0v) is 12.8. The van der Waals surface area contributed by atoms with E-state index in [4.69, 9.17) is 0 Å². The normalized spacial score (nSPS) is 19.2. The highest BCUT2D eigenvalue weighted by Crippen LogP contribution is 2.42. The number of benzene rings is 1. The van der Waals surface area contributed by atoms with Gasteiger partial charge >= 0.3 is 12.4 Å². The first-order valence-electron chi connectivity index (χ1n) is 6.49. The van der Waals surface area contributed by atoms with E-state index in [1.807, 2.05) is 0 Å². The quantitative estimate of drug-likeness (QED) is 0.768. The van der Waals surface area contributed by atoms with Gasteiger partial charge in [-0.05, 0) is 23.8 Å². The largest absolute Gasteiger partial charge is 0.416 e. The molecule has 9 heteroatoms. The van der Waals surface area contributed by atoms with E-state index in [0.717, 1.165) is 17.0 Å². The van der Waals surface area contributed by atoms with Crippen molar-refractivity contribution in [3.63, 3.8) is 0 Å². The monoisotopic (exact) mass is 390 g/mol. The molecule has 1 aromatic rings. The van der Waals surface area contributed by atoms with Crippen molar-refractivity contribution in [2.45, 2.75) is 18.4 Å². The van der Waals surface area contributed by atoms with Gasteiger partial charge in [0.05, 0.1) is 5.56 Å². The molecule has 124 valence electrons. The molecule has 22 heavy (non-hydrogen) atoms. The summed E-state index contributed by atoms with van der Waals surface area (Å²) in [5.41, 5.74) is -1.50. The fourth-order valence-corrected chi connectivity index (χ4v) is 2.91. The maximum Gasteiger partial charge on any atom is 0.416 e. The first kappa shape index (κ1) is 17.6. The third-order valence-corrected chi connectivity index (χ3v) is 4.17. The average molecular weight is 391 g/mol. The van der Waals surface area contributed by atoms with Crippen LogP contribution in [0.1, 0.15) is 17.2 Å². The van der Waals surface area contributed by atoms with Gasteiger partial charge < -0.3 is 5.32 Å². The van der Waals surface area contributed by atoms with Crippen LogP contribution in [0.3, 0.4) is 0 Å². The number of nitrogens with zero attached hydrogens (tertiary/aromatic N) is 1. The molecule has 1 N–H and O–H groups in total. The van der Waals surface area contributed by atoms with Crippen LogP contribution in [0.15, 0.2) is 22.7 Å². The van der Waals surface area contributed by atoms with Gasteiger partial charge in [-0.2, -0.15) is 26.3 Å². The Hall–Kier alpha value is -0.800. The van der Waals surface area contributed by atoms with Crippen molar-refractivity contribution in [1.29, 1.82) is 0 Å². The number of piperazine rings is 1. The van der Waals surface area contributed by atoms with Crippen LogP contribution in [0.4, 0.5) is 26.3 Å². The van der Waals surface area contributed by atoms with Crippen LogP contribution in [-0.2, 0) is 6.18 Å². The standard InChI is InChI=1S/C13H13BrF6N2/c14-10-2-1-8(12(15,16)17)7-9(10)11(13(18,19)20)22-5-3-21-4-6-22/h1-2,7,11,21H,3-6H2/t11-/m0/s1. The molecule has 0 aromatic heterocycles. The van der Waals surface area contributed by atoms with E-state index in [1.165, 1.54) is 0 Å². The second kappa shape index (κ2) is 6.37. The summed E-state index contributed by atoms with van der Waals surface area (Å²) in [7, 11) is 0. The first-order valence-corrected chi connectivity index (χ1v) is 7.28. The second-order valence-electron chi connectivity index (χ2n) is 4.96. The van der Waals surface area contributed by atoms with Crippen LogP contribution in [0.2, 0.25) is 0 Å². The molecular weight excluding hydrogens is 378 g/mol. The third kappa shape index (κ3) is 3.94. The highest BCUT2D eigenvalue weighted by Gasteiger charge is 2.46. The van der Waals surface area contributed by atoms with Gasteiger partial charge in [-0.1, -0.05) is 15.9 Å². The molecule has 1 aliphatic rings. The average Bonchev–Trinajstić information content (AvgIpc) is 2.39. The Labute approximate surface area is 131 Å². The van der Waals surface area contributed by atoms with E-state index in [0.29, 0.717) is 19.2 Å². The van der Waals surface area contributed by atoms with E-state index < -0.39 is 29.5 Å². The van der Waals surface area contributed by atoms with Gasteiger partial charge in [0.15, 0.2) is 0 Å². The predicted octanol–water partition coefficient (Wildman–Crippen LogP) is 3.98. The van der Waals surface area contributed by atoms with Gasteiger partial charge in [0, 0.05) is 30.7 Å². The fourth-order valence-electron chi connectivity index (χ4n) is 2.45. The SMILES string of the molecule is FC(F)(F)c1ccc(Br)c([C@H](N2CCNCC2)C(F)(F)F)c1. The Morgan fingerprint density at radius 1 is 1.05 bits per heavy atom. The summed E-state index contributed by atoms with van der Waals surface area (Å²) < 4.78 is 78.7. The lowest BCUT2D eigenvalue weighted by Gasteiger charge is -2.36. The summed E-state index contributed by atoms with van der Waals surface area (Å²) in [5.74, 6) is 0. The number of nitrogens with one attached hydrogen (secondary N) is 1. The molecule has 0 radical (unpaired) electrons. The van der Waals surface area contributed by atoms with E-state index in [9.17, 15) is 26.3 Å². The molecule has 1 atom stereocenters. The predicted molar refractivity (Wildman–Crippen MR) is 72.4 cm³/mol. The number of hydrogen-bond donors (Lipinski definition) is 1. The van der Waals surface area contributed by atoms with Crippen LogP contribution in [0.25, 0.3) is 0 Å². The van der Waals surface area contributed by atoms with Crippen molar-refractivity contribution in [2.75, 3.05) is 26.2 Å². The third-order valence-electron chi connectivity index (χ3n) is 3.44. The van der Waals surface area contributed by atoms with E-state index in [1.54, 1.807) is 0 Å². The highest BCUT2D eigenvalue weighted by molar-refractivity contribution is 9.10.